The fourth-order valence-electron chi connectivity index (χ4n) is 3.26. The number of ether oxygens (including phenoxy) is 1. The van der Waals surface area contributed by atoms with Crippen LogP contribution in [0.3, 0.4) is 0 Å². The molecule has 2 aromatic carbocycles. The first-order valence-corrected chi connectivity index (χ1v) is 9.04. The van der Waals surface area contributed by atoms with Crippen molar-refractivity contribution in [2.24, 2.45) is 0 Å². The van der Waals surface area contributed by atoms with Gasteiger partial charge in [0.1, 0.15) is 17.1 Å². The maximum Gasteiger partial charge on any atom is 0.340 e. The third kappa shape index (κ3) is 4.17. The van der Waals surface area contributed by atoms with Gasteiger partial charge in [-0.2, -0.15) is 0 Å². The minimum atomic E-state index is -0.557. The molecule has 0 saturated heterocycles. The quantitative estimate of drug-likeness (QED) is 0.641. The first-order valence-electron chi connectivity index (χ1n) is 9.04. The molecule has 0 radical (unpaired) electrons. The molecule has 28 heavy (non-hydrogen) atoms. The van der Waals surface area contributed by atoms with E-state index in [1.165, 1.54) is 0 Å². The Morgan fingerprint density at radius 2 is 2.00 bits per heavy atom. The Balaban J connectivity index is 1.71. The zero-order valence-electron chi connectivity index (χ0n) is 16.2. The van der Waals surface area contributed by atoms with Crippen LogP contribution >= 0.6 is 0 Å². The molecule has 0 aliphatic heterocycles. The summed E-state index contributed by atoms with van der Waals surface area (Å²) in [5, 5.41) is 13.5. The molecule has 0 fully saturated rings. The summed E-state index contributed by atoms with van der Waals surface area (Å²) in [6.45, 7) is 3.96. The summed E-state index contributed by atoms with van der Waals surface area (Å²) < 4.78 is 10.5. The van der Waals surface area contributed by atoms with Gasteiger partial charge in [0, 0.05) is 6.54 Å². The van der Waals surface area contributed by atoms with Crippen LogP contribution in [0.2, 0.25) is 0 Å². The van der Waals surface area contributed by atoms with E-state index in [-0.39, 0.29) is 23.6 Å². The maximum absolute atomic E-state index is 12.3. The molecule has 0 unspecified atom stereocenters. The van der Waals surface area contributed by atoms with Gasteiger partial charge in [-0.05, 0) is 61.2 Å². The molecule has 1 aromatic heterocycles. The number of aromatic hydroxyl groups is 1. The highest BCUT2D eigenvalue weighted by atomic mass is 16.5. The van der Waals surface area contributed by atoms with Gasteiger partial charge in [-0.1, -0.05) is 12.1 Å². The van der Waals surface area contributed by atoms with Crippen molar-refractivity contribution in [3.8, 4) is 11.5 Å². The summed E-state index contributed by atoms with van der Waals surface area (Å²) in [5.74, 6) is 0.531. The predicted octanol–water partition coefficient (Wildman–Crippen LogP) is 3.03. The molecule has 1 amide bonds. The van der Waals surface area contributed by atoms with Crippen LogP contribution in [-0.4, -0.2) is 24.7 Å². The Hall–Kier alpha value is -3.28. The number of phenols is 1. The van der Waals surface area contributed by atoms with E-state index in [0.717, 1.165) is 16.9 Å². The van der Waals surface area contributed by atoms with Crippen molar-refractivity contribution in [2.75, 3.05) is 13.7 Å². The second-order valence-corrected chi connectivity index (χ2v) is 6.78. The molecule has 6 nitrogen and oxygen atoms in total. The molecular formula is C22H23NO5. The molecule has 0 saturated carbocycles. The molecule has 0 spiro atoms. The predicted molar refractivity (Wildman–Crippen MR) is 107 cm³/mol. The second-order valence-electron chi connectivity index (χ2n) is 6.78. The molecule has 6 heteroatoms. The van der Waals surface area contributed by atoms with E-state index in [2.05, 4.69) is 5.32 Å². The van der Waals surface area contributed by atoms with Gasteiger partial charge in [-0.3, -0.25) is 4.79 Å². The van der Waals surface area contributed by atoms with Crippen molar-refractivity contribution in [3.05, 3.63) is 69.1 Å². The van der Waals surface area contributed by atoms with Crippen molar-refractivity contribution in [3.63, 3.8) is 0 Å². The Morgan fingerprint density at radius 3 is 2.75 bits per heavy atom. The summed E-state index contributed by atoms with van der Waals surface area (Å²) in [7, 11) is 1.61. The Kier molecular flexibility index (Phi) is 5.68. The topological polar surface area (TPSA) is 88.8 Å². The Bertz CT molecular complexity index is 1080. The van der Waals surface area contributed by atoms with Crippen LogP contribution in [0.25, 0.3) is 11.0 Å². The SMILES string of the molecule is COc1cccc(CCNC(=O)Cc2c(C)c3c(O)cc(C)cc3oc2=O)c1. The molecule has 0 aliphatic carbocycles. The molecular weight excluding hydrogens is 358 g/mol. The number of methoxy groups -OCH3 is 1. The summed E-state index contributed by atoms with van der Waals surface area (Å²) >= 11 is 0. The van der Waals surface area contributed by atoms with Crippen molar-refractivity contribution in [2.45, 2.75) is 26.7 Å². The number of benzene rings is 2. The molecule has 2 N–H and O–H groups in total. The lowest BCUT2D eigenvalue weighted by molar-refractivity contribution is -0.120. The number of amides is 1. The summed E-state index contributed by atoms with van der Waals surface area (Å²) in [4.78, 5) is 24.7. The van der Waals surface area contributed by atoms with Crippen LogP contribution in [0.4, 0.5) is 0 Å². The number of carbonyl (C=O) groups excluding carboxylic acids is 1. The van der Waals surface area contributed by atoms with Crippen LogP contribution in [0.1, 0.15) is 22.3 Å². The zero-order chi connectivity index (χ0) is 20.3. The highest BCUT2D eigenvalue weighted by Gasteiger charge is 2.17. The lowest BCUT2D eigenvalue weighted by atomic mass is 10.0. The van der Waals surface area contributed by atoms with E-state index < -0.39 is 5.63 Å². The largest absolute Gasteiger partial charge is 0.507 e. The number of hydrogen-bond donors (Lipinski definition) is 2. The minimum absolute atomic E-state index is 0.0379. The number of carbonyl (C=O) groups is 1. The average molecular weight is 381 g/mol. The minimum Gasteiger partial charge on any atom is -0.507 e. The van der Waals surface area contributed by atoms with Crippen LogP contribution in [-0.2, 0) is 17.6 Å². The Morgan fingerprint density at radius 1 is 1.21 bits per heavy atom. The van der Waals surface area contributed by atoms with Gasteiger partial charge in [0.2, 0.25) is 5.91 Å². The van der Waals surface area contributed by atoms with Gasteiger partial charge in [-0.15, -0.1) is 0 Å². The van der Waals surface area contributed by atoms with Crippen LogP contribution in [0.15, 0.2) is 45.6 Å². The summed E-state index contributed by atoms with van der Waals surface area (Å²) in [5.41, 5.74) is 2.41. The molecule has 146 valence electrons. The number of hydrogen-bond acceptors (Lipinski definition) is 5. The highest BCUT2D eigenvalue weighted by Crippen LogP contribution is 2.29. The van der Waals surface area contributed by atoms with Gasteiger partial charge in [-0.25, -0.2) is 4.79 Å². The first-order chi connectivity index (χ1) is 13.4. The molecule has 0 aliphatic rings. The van der Waals surface area contributed by atoms with Gasteiger partial charge in [0.05, 0.1) is 24.5 Å². The monoisotopic (exact) mass is 381 g/mol. The number of nitrogens with one attached hydrogen (secondary N) is 1. The van der Waals surface area contributed by atoms with Crippen LogP contribution < -0.4 is 15.7 Å². The number of aryl methyl sites for hydroxylation is 2. The molecule has 3 rings (SSSR count). The van der Waals surface area contributed by atoms with Crippen molar-refractivity contribution >= 4 is 16.9 Å². The van der Waals surface area contributed by atoms with E-state index in [1.54, 1.807) is 33.1 Å². The standard InChI is InChI=1S/C22H23NO5/c1-13-9-18(24)21-14(2)17(22(26)28-19(21)10-13)12-20(25)23-8-7-15-5-4-6-16(11-15)27-3/h4-6,9-11,24H,7-8,12H2,1-3H3,(H,23,25). The summed E-state index contributed by atoms with van der Waals surface area (Å²) in [6, 6.07) is 10.9. The van der Waals surface area contributed by atoms with Gasteiger partial charge >= 0.3 is 5.63 Å². The van der Waals surface area contributed by atoms with Crippen LogP contribution in [0, 0.1) is 13.8 Å². The molecule has 0 atom stereocenters. The fourth-order valence-corrected chi connectivity index (χ4v) is 3.26. The highest BCUT2D eigenvalue weighted by molar-refractivity contribution is 5.89. The first kappa shape index (κ1) is 19.5. The number of rotatable bonds is 6. The van der Waals surface area contributed by atoms with Crippen molar-refractivity contribution in [1.82, 2.24) is 5.32 Å². The lowest BCUT2D eigenvalue weighted by Crippen LogP contribution is -2.29. The van der Waals surface area contributed by atoms with Gasteiger partial charge in [0.15, 0.2) is 0 Å². The second kappa shape index (κ2) is 8.17. The third-order valence-electron chi connectivity index (χ3n) is 4.71. The van der Waals surface area contributed by atoms with Gasteiger partial charge < -0.3 is 19.6 Å². The van der Waals surface area contributed by atoms with E-state index in [4.69, 9.17) is 9.15 Å². The molecule has 1 heterocycles. The zero-order valence-corrected chi connectivity index (χ0v) is 16.2. The van der Waals surface area contributed by atoms with E-state index in [9.17, 15) is 14.7 Å². The van der Waals surface area contributed by atoms with E-state index >= 15 is 0 Å². The van der Waals surface area contributed by atoms with E-state index in [0.29, 0.717) is 29.5 Å². The van der Waals surface area contributed by atoms with Crippen molar-refractivity contribution < 1.29 is 19.1 Å². The number of phenolic OH excluding ortho intramolecular Hbond substituents is 1. The fraction of sp³-hybridized carbons (Fsp3) is 0.273. The molecule has 0 bridgehead atoms. The van der Waals surface area contributed by atoms with Crippen LogP contribution in [0.5, 0.6) is 11.5 Å². The summed E-state index contributed by atoms with van der Waals surface area (Å²) in [6.07, 6.45) is 0.545. The smallest absolute Gasteiger partial charge is 0.340 e. The molecule has 3 aromatic rings. The maximum atomic E-state index is 12.3. The third-order valence-corrected chi connectivity index (χ3v) is 4.71. The Labute approximate surface area is 162 Å². The van der Waals surface area contributed by atoms with E-state index in [1.807, 2.05) is 24.3 Å². The average Bonchev–Trinajstić information content (AvgIpc) is 2.64. The van der Waals surface area contributed by atoms with Gasteiger partial charge in [0.25, 0.3) is 0 Å². The number of fused-ring (bicyclic) bond motifs is 1. The normalized spacial score (nSPS) is 10.8. The van der Waals surface area contributed by atoms with Crippen molar-refractivity contribution in [1.29, 1.82) is 0 Å². The lowest BCUT2D eigenvalue weighted by Gasteiger charge is -2.10.